The second kappa shape index (κ2) is 8.01. The van der Waals surface area contributed by atoms with Crippen molar-refractivity contribution in [2.75, 3.05) is 20.3 Å². The summed E-state index contributed by atoms with van der Waals surface area (Å²) in [6.45, 7) is 0.268. The fraction of sp³-hybridized carbons (Fsp3) is 0.200. The molecule has 1 unspecified atom stereocenters. The Bertz CT molecular complexity index is 954. The lowest BCUT2D eigenvalue weighted by Crippen LogP contribution is -2.32. The van der Waals surface area contributed by atoms with Crippen LogP contribution < -0.4 is 0 Å². The quantitative estimate of drug-likeness (QED) is 0.270. The molecule has 0 aliphatic carbocycles. The summed E-state index contributed by atoms with van der Waals surface area (Å²) < 4.78 is 5.02. The molecule has 0 aromatic heterocycles. The van der Waals surface area contributed by atoms with E-state index in [-0.39, 0.29) is 30.2 Å². The van der Waals surface area contributed by atoms with Gasteiger partial charge < -0.3 is 14.7 Å². The molecule has 0 radical (unpaired) electrons. The summed E-state index contributed by atoms with van der Waals surface area (Å²) in [5, 5.41) is 21.9. The fourth-order valence-corrected chi connectivity index (χ4v) is 3.21. The van der Waals surface area contributed by atoms with Gasteiger partial charge in [0.25, 0.3) is 17.4 Å². The molecule has 2 aromatic carbocycles. The molecular formula is C20H18N2O6. The minimum Gasteiger partial charge on any atom is -0.507 e. The third kappa shape index (κ3) is 3.49. The third-order valence-corrected chi connectivity index (χ3v) is 4.52. The molecule has 1 aliphatic heterocycles. The highest BCUT2D eigenvalue weighted by atomic mass is 16.6. The van der Waals surface area contributed by atoms with Gasteiger partial charge in [0.2, 0.25) is 0 Å². The number of carbonyl (C=O) groups is 2. The van der Waals surface area contributed by atoms with E-state index < -0.39 is 22.7 Å². The molecule has 3 rings (SSSR count). The minimum atomic E-state index is -0.949. The van der Waals surface area contributed by atoms with Gasteiger partial charge in [0.05, 0.1) is 23.1 Å². The molecule has 144 valence electrons. The lowest BCUT2D eigenvalue weighted by Gasteiger charge is -2.24. The number of carbonyl (C=O) groups excluding carboxylic acids is 2. The van der Waals surface area contributed by atoms with Gasteiger partial charge in [0.1, 0.15) is 5.76 Å². The highest BCUT2D eigenvalue weighted by Gasteiger charge is 2.46. The summed E-state index contributed by atoms with van der Waals surface area (Å²) in [6, 6.07) is 13.1. The second-order valence-corrected chi connectivity index (χ2v) is 6.20. The van der Waals surface area contributed by atoms with E-state index in [1.165, 1.54) is 30.2 Å². The van der Waals surface area contributed by atoms with Crippen LogP contribution in [0.3, 0.4) is 0 Å². The maximum absolute atomic E-state index is 12.7. The van der Waals surface area contributed by atoms with Crippen LogP contribution in [0.2, 0.25) is 0 Å². The van der Waals surface area contributed by atoms with Crippen molar-refractivity contribution in [3.8, 4) is 0 Å². The van der Waals surface area contributed by atoms with Crippen molar-refractivity contribution in [2.24, 2.45) is 0 Å². The number of nitro groups is 1. The zero-order valence-electron chi connectivity index (χ0n) is 15.1. The average molecular weight is 382 g/mol. The van der Waals surface area contributed by atoms with Crippen LogP contribution in [0.15, 0.2) is 60.2 Å². The van der Waals surface area contributed by atoms with E-state index >= 15 is 0 Å². The van der Waals surface area contributed by atoms with Crippen molar-refractivity contribution >= 4 is 23.1 Å². The van der Waals surface area contributed by atoms with Gasteiger partial charge in [-0.25, -0.2) is 0 Å². The number of nitro benzene ring substituents is 1. The molecule has 1 heterocycles. The Morgan fingerprint density at radius 1 is 1.18 bits per heavy atom. The van der Waals surface area contributed by atoms with E-state index in [2.05, 4.69) is 0 Å². The lowest BCUT2D eigenvalue weighted by atomic mass is 9.95. The number of hydrogen-bond acceptors (Lipinski definition) is 6. The van der Waals surface area contributed by atoms with Crippen LogP contribution in [-0.4, -0.2) is 46.9 Å². The number of benzene rings is 2. The average Bonchev–Trinajstić information content (AvgIpc) is 2.97. The van der Waals surface area contributed by atoms with Crippen LogP contribution in [0.4, 0.5) is 5.69 Å². The van der Waals surface area contributed by atoms with Gasteiger partial charge >= 0.3 is 0 Å². The molecule has 1 aliphatic rings. The number of Topliss-reactive ketones (excluding diaryl/α,β-unsaturated/α-hetero) is 1. The highest BCUT2D eigenvalue weighted by molar-refractivity contribution is 6.46. The summed E-state index contributed by atoms with van der Waals surface area (Å²) in [6.07, 6.45) is 0. The highest BCUT2D eigenvalue weighted by Crippen LogP contribution is 2.39. The largest absolute Gasteiger partial charge is 0.507 e. The van der Waals surface area contributed by atoms with Gasteiger partial charge in [-0.1, -0.05) is 42.5 Å². The Hall–Kier alpha value is -3.52. The first-order valence-electron chi connectivity index (χ1n) is 8.52. The summed E-state index contributed by atoms with van der Waals surface area (Å²) >= 11 is 0. The van der Waals surface area contributed by atoms with Crippen LogP contribution in [0, 0.1) is 10.1 Å². The number of methoxy groups -OCH3 is 1. The number of nitrogens with zero attached hydrogens (tertiary/aromatic N) is 2. The number of aliphatic hydroxyl groups excluding tert-OH is 1. The van der Waals surface area contributed by atoms with Gasteiger partial charge in [-0.15, -0.1) is 0 Å². The standard InChI is InChI=1S/C20H18N2O6/c1-28-11-10-21-17(14-8-5-9-15(12-14)22(26)27)16(19(24)20(21)25)18(23)13-6-3-2-4-7-13/h2-9,12,17,23H,10-11H2,1H3/b18-16+. The molecule has 1 amide bonds. The second-order valence-electron chi connectivity index (χ2n) is 6.20. The van der Waals surface area contributed by atoms with Gasteiger partial charge in [0, 0.05) is 31.4 Å². The van der Waals surface area contributed by atoms with Crippen LogP contribution >= 0.6 is 0 Å². The maximum atomic E-state index is 12.7. The minimum absolute atomic E-state index is 0.0972. The van der Waals surface area contributed by atoms with Crippen LogP contribution in [0.5, 0.6) is 0 Å². The first kappa shape index (κ1) is 19.2. The van der Waals surface area contributed by atoms with E-state index in [1.807, 2.05) is 0 Å². The summed E-state index contributed by atoms with van der Waals surface area (Å²) in [5.74, 6) is -1.95. The molecule has 0 saturated carbocycles. The zero-order chi connectivity index (χ0) is 20.3. The van der Waals surface area contributed by atoms with E-state index in [4.69, 9.17) is 4.74 Å². The molecule has 8 heteroatoms. The Morgan fingerprint density at radius 2 is 1.89 bits per heavy atom. The molecule has 0 bridgehead atoms. The molecule has 1 N–H and O–H groups in total. The third-order valence-electron chi connectivity index (χ3n) is 4.52. The number of hydrogen-bond donors (Lipinski definition) is 1. The number of aliphatic hydroxyl groups is 1. The van der Waals surface area contributed by atoms with Crippen LogP contribution in [-0.2, 0) is 14.3 Å². The van der Waals surface area contributed by atoms with E-state index in [1.54, 1.807) is 36.4 Å². The normalized spacial score (nSPS) is 18.5. The monoisotopic (exact) mass is 382 g/mol. The Balaban J connectivity index is 2.18. The number of rotatable bonds is 6. The van der Waals surface area contributed by atoms with Crippen molar-refractivity contribution in [3.63, 3.8) is 0 Å². The molecule has 28 heavy (non-hydrogen) atoms. The summed E-state index contributed by atoms with van der Waals surface area (Å²) in [7, 11) is 1.46. The number of ether oxygens (including phenoxy) is 1. The summed E-state index contributed by atoms with van der Waals surface area (Å²) in [5.41, 5.74) is 0.465. The van der Waals surface area contributed by atoms with Crippen molar-refractivity contribution in [1.82, 2.24) is 4.90 Å². The number of amides is 1. The maximum Gasteiger partial charge on any atom is 0.295 e. The number of likely N-dealkylation sites (tertiary alicyclic amines) is 1. The molecule has 1 atom stereocenters. The Labute approximate surface area is 160 Å². The molecule has 1 fully saturated rings. The Morgan fingerprint density at radius 3 is 2.54 bits per heavy atom. The lowest BCUT2D eigenvalue weighted by molar-refractivity contribution is -0.384. The molecule has 0 spiro atoms. The van der Waals surface area contributed by atoms with Crippen LogP contribution in [0.25, 0.3) is 5.76 Å². The van der Waals surface area contributed by atoms with Crippen molar-refractivity contribution in [1.29, 1.82) is 0 Å². The van der Waals surface area contributed by atoms with E-state index in [9.17, 15) is 24.8 Å². The summed E-state index contributed by atoms with van der Waals surface area (Å²) in [4.78, 5) is 37.2. The number of non-ortho nitro benzene ring substituents is 1. The topological polar surface area (TPSA) is 110 Å². The Kier molecular flexibility index (Phi) is 5.51. The van der Waals surface area contributed by atoms with Crippen molar-refractivity contribution in [3.05, 3.63) is 81.4 Å². The van der Waals surface area contributed by atoms with Crippen LogP contribution in [0.1, 0.15) is 17.2 Å². The van der Waals surface area contributed by atoms with Crippen molar-refractivity contribution in [2.45, 2.75) is 6.04 Å². The molecular weight excluding hydrogens is 364 g/mol. The van der Waals surface area contributed by atoms with E-state index in [0.29, 0.717) is 11.1 Å². The van der Waals surface area contributed by atoms with Gasteiger partial charge in [-0.05, 0) is 5.56 Å². The first-order valence-corrected chi connectivity index (χ1v) is 8.52. The van der Waals surface area contributed by atoms with Crippen molar-refractivity contribution < 1.29 is 24.4 Å². The fourth-order valence-electron chi connectivity index (χ4n) is 3.21. The predicted octanol–water partition coefficient (Wildman–Crippen LogP) is 2.66. The van der Waals surface area contributed by atoms with E-state index in [0.717, 1.165) is 0 Å². The smallest absolute Gasteiger partial charge is 0.295 e. The molecule has 8 nitrogen and oxygen atoms in total. The first-order chi connectivity index (χ1) is 13.5. The van der Waals surface area contributed by atoms with Gasteiger partial charge in [0.15, 0.2) is 0 Å². The molecule has 2 aromatic rings. The molecule has 1 saturated heterocycles. The zero-order valence-corrected chi connectivity index (χ0v) is 15.1. The van der Waals surface area contributed by atoms with Gasteiger partial charge in [-0.2, -0.15) is 0 Å². The van der Waals surface area contributed by atoms with Gasteiger partial charge in [-0.3, -0.25) is 19.7 Å². The predicted molar refractivity (Wildman–Crippen MR) is 100 cm³/mol. The SMILES string of the molecule is COCCN1C(=O)C(=O)/C(=C(/O)c2ccccc2)C1c1cccc([N+](=O)[O-])c1. The number of ketones is 1.